The summed E-state index contributed by atoms with van der Waals surface area (Å²) in [5.74, 6) is -0.187. The number of likely N-dealkylation sites (tertiary alicyclic amines) is 1. The molecule has 3 aliphatic rings. The van der Waals surface area contributed by atoms with Crippen molar-refractivity contribution in [3.63, 3.8) is 0 Å². The van der Waals surface area contributed by atoms with E-state index in [1.165, 1.54) is 0 Å². The Morgan fingerprint density at radius 1 is 1.09 bits per heavy atom. The number of carbonyl (C=O) groups excluding carboxylic acids is 1. The van der Waals surface area contributed by atoms with E-state index in [-0.39, 0.29) is 18.3 Å². The maximum atomic E-state index is 15.2. The topological polar surface area (TPSA) is 50.6 Å². The number of amides is 1. The molecule has 2 aromatic carbocycles. The first-order chi connectivity index (χ1) is 17.0. The molecule has 182 valence electrons. The lowest BCUT2D eigenvalue weighted by atomic mass is 9.73. The summed E-state index contributed by atoms with van der Waals surface area (Å²) in [6.45, 7) is 3.71. The Morgan fingerprint density at radius 2 is 1.86 bits per heavy atom. The predicted molar refractivity (Wildman–Crippen MR) is 133 cm³/mol. The van der Waals surface area contributed by atoms with Crippen molar-refractivity contribution >= 4 is 11.6 Å². The van der Waals surface area contributed by atoms with Gasteiger partial charge in [0.1, 0.15) is 5.82 Å². The van der Waals surface area contributed by atoms with Gasteiger partial charge in [0.2, 0.25) is 5.91 Å². The van der Waals surface area contributed by atoms with E-state index in [0.29, 0.717) is 11.6 Å². The molecule has 0 N–H and O–H groups in total. The Bertz CT molecular complexity index is 1240. The van der Waals surface area contributed by atoms with Crippen LogP contribution in [0.2, 0.25) is 0 Å². The number of nitrogens with zero attached hydrogens (tertiary/aromatic N) is 4. The SMILES string of the molecule is Cn1cc(-c2ccc(CN3C(=O)C4(CCN(C5CCOCC5)CC4)c4ccccc43)c(F)c2)cn1. The molecular formula is C28H31FN4O2. The summed E-state index contributed by atoms with van der Waals surface area (Å²) in [5, 5.41) is 4.18. The van der Waals surface area contributed by atoms with Crippen LogP contribution in [0.1, 0.15) is 36.8 Å². The van der Waals surface area contributed by atoms with Gasteiger partial charge in [-0.1, -0.05) is 30.3 Å². The molecule has 6 rings (SSSR count). The Hall–Kier alpha value is -3.03. The molecule has 35 heavy (non-hydrogen) atoms. The molecule has 2 saturated heterocycles. The van der Waals surface area contributed by atoms with Gasteiger partial charge in [-0.25, -0.2) is 4.39 Å². The monoisotopic (exact) mass is 474 g/mol. The van der Waals surface area contributed by atoms with Crippen LogP contribution in [0.3, 0.4) is 0 Å². The highest BCUT2D eigenvalue weighted by atomic mass is 19.1. The van der Waals surface area contributed by atoms with Gasteiger partial charge in [-0.05, 0) is 62.0 Å². The van der Waals surface area contributed by atoms with Crippen molar-refractivity contribution in [1.29, 1.82) is 0 Å². The predicted octanol–water partition coefficient (Wildman–Crippen LogP) is 4.29. The fraction of sp³-hybridized carbons (Fsp3) is 0.429. The van der Waals surface area contributed by atoms with Crippen molar-refractivity contribution in [2.45, 2.75) is 43.7 Å². The van der Waals surface area contributed by atoms with Gasteiger partial charge in [0.05, 0.1) is 18.2 Å². The number of hydrogen-bond donors (Lipinski definition) is 0. The standard InChI is InChI=1S/C28H31FN4O2/c1-31-18-22(17-30-31)20-6-7-21(25(29)16-20)19-33-26-5-3-2-4-24(26)28(27(33)34)10-12-32(13-11-28)23-8-14-35-15-9-23/h2-7,16-18,23H,8-15,19H2,1H3. The molecule has 6 nitrogen and oxygen atoms in total. The van der Waals surface area contributed by atoms with Crippen molar-refractivity contribution in [2.24, 2.45) is 7.05 Å². The largest absolute Gasteiger partial charge is 0.381 e. The van der Waals surface area contributed by atoms with Gasteiger partial charge in [0.15, 0.2) is 0 Å². The molecule has 0 atom stereocenters. The number of rotatable bonds is 4. The summed E-state index contributed by atoms with van der Waals surface area (Å²) in [6.07, 6.45) is 7.34. The van der Waals surface area contributed by atoms with Crippen molar-refractivity contribution in [1.82, 2.24) is 14.7 Å². The quantitative estimate of drug-likeness (QED) is 0.566. The Labute approximate surface area is 205 Å². The van der Waals surface area contributed by atoms with E-state index in [4.69, 9.17) is 4.74 Å². The molecule has 1 spiro atoms. The van der Waals surface area contributed by atoms with Crippen LogP contribution in [0, 0.1) is 5.82 Å². The Balaban J connectivity index is 1.25. The second-order valence-electron chi connectivity index (χ2n) is 10.1. The van der Waals surface area contributed by atoms with Crippen LogP contribution in [-0.4, -0.2) is 52.9 Å². The van der Waals surface area contributed by atoms with Crippen LogP contribution in [0.4, 0.5) is 10.1 Å². The number of halogens is 1. The highest BCUT2D eigenvalue weighted by Crippen LogP contribution is 2.49. The smallest absolute Gasteiger partial charge is 0.238 e. The van der Waals surface area contributed by atoms with Gasteiger partial charge in [-0.2, -0.15) is 5.10 Å². The molecule has 1 aromatic heterocycles. The summed E-state index contributed by atoms with van der Waals surface area (Å²) in [4.78, 5) is 18.3. The summed E-state index contributed by atoms with van der Waals surface area (Å²) >= 11 is 0. The number of piperidine rings is 1. The minimum atomic E-state index is -0.510. The number of benzene rings is 2. The van der Waals surface area contributed by atoms with E-state index in [2.05, 4.69) is 16.1 Å². The first-order valence-electron chi connectivity index (χ1n) is 12.6. The van der Waals surface area contributed by atoms with Crippen LogP contribution >= 0.6 is 0 Å². The average molecular weight is 475 g/mol. The van der Waals surface area contributed by atoms with E-state index >= 15 is 4.39 Å². The molecule has 2 fully saturated rings. The highest BCUT2D eigenvalue weighted by Gasteiger charge is 2.52. The molecule has 1 amide bonds. The number of aryl methyl sites for hydroxylation is 1. The number of ether oxygens (including phenoxy) is 1. The number of aromatic nitrogens is 2. The number of hydrogen-bond acceptors (Lipinski definition) is 4. The molecule has 0 saturated carbocycles. The minimum absolute atomic E-state index is 0.112. The third kappa shape index (κ3) is 3.87. The molecule has 4 heterocycles. The molecular weight excluding hydrogens is 443 g/mol. The van der Waals surface area contributed by atoms with E-state index < -0.39 is 5.41 Å². The zero-order valence-corrected chi connectivity index (χ0v) is 20.1. The fourth-order valence-corrected chi connectivity index (χ4v) is 6.15. The first-order valence-corrected chi connectivity index (χ1v) is 12.6. The van der Waals surface area contributed by atoms with Gasteiger partial charge < -0.3 is 14.5 Å². The minimum Gasteiger partial charge on any atom is -0.381 e. The molecule has 7 heteroatoms. The zero-order valence-electron chi connectivity index (χ0n) is 20.1. The van der Waals surface area contributed by atoms with Crippen molar-refractivity contribution in [3.8, 4) is 11.1 Å². The van der Waals surface area contributed by atoms with E-state index in [9.17, 15) is 4.79 Å². The highest BCUT2D eigenvalue weighted by molar-refractivity contribution is 6.08. The third-order valence-corrected chi connectivity index (χ3v) is 8.14. The number of carbonyl (C=O) groups is 1. The van der Waals surface area contributed by atoms with E-state index in [1.54, 1.807) is 23.0 Å². The van der Waals surface area contributed by atoms with Gasteiger partial charge in [0.25, 0.3) is 0 Å². The number of para-hydroxylation sites is 1. The van der Waals surface area contributed by atoms with Crippen molar-refractivity contribution in [3.05, 3.63) is 71.8 Å². The summed E-state index contributed by atoms with van der Waals surface area (Å²) in [5.41, 5.74) is 3.69. The zero-order chi connectivity index (χ0) is 24.0. The molecule has 0 radical (unpaired) electrons. The summed E-state index contributed by atoms with van der Waals surface area (Å²) in [7, 11) is 1.84. The Kier molecular flexibility index (Phi) is 5.69. The molecule has 3 aromatic rings. The van der Waals surface area contributed by atoms with Gasteiger partial charge >= 0.3 is 0 Å². The second kappa shape index (κ2) is 8.88. The molecule has 0 aliphatic carbocycles. The van der Waals surface area contributed by atoms with E-state index in [1.807, 2.05) is 42.4 Å². The van der Waals surface area contributed by atoms with Crippen LogP contribution in [0.5, 0.6) is 0 Å². The number of anilines is 1. The number of fused-ring (bicyclic) bond motifs is 2. The Morgan fingerprint density at radius 3 is 2.57 bits per heavy atom. The van der Waals surface area contributed by atoms with Crippen molar-refractivity contribution < 1.29 is 13.9 Å². The molecule has 0 unspecified atom stereocenters. The van der Waals surface area contributed by atoms with Gasteiger partial charge in [0, 0.05) is 49.3 Å². The second-order valence-corrected chi connectivity index (χ2v) is 10.1. The summed E-state index contributed by atoms with van der Waals surface area (Å²) < 4.78 is 22.4. The van der Waals surface area contributed by atoms with Gasteiger partial charge in [-0.15, -0.1) is 0 Å². The lowest BCUT2D eigenvalue weighted by Crippen LogP contribution is -2.52. The van der Waals surface area contributed by atoms with Crippen LogP contribution < -0.4 is 4.90 Å². The lowest BCUT2D eigenvalue weighted by molar-refractivity contribution is -0.125. The summed E-state index contributed by atoms with van der Waals surface area (Å²) in [6, 6.07) is 13.9. The van der Waals surface area contributed by atoms with E-state index in [0.717, 1.165) is 74.4 Å². The maximum Gasteiger partial charge on any atom is 0.238 e. The maximum absolute atomic E-state index is 15.2. The van der Waals surface area contributed by atoms with Crippen LogP contribution in [-0.2, 0) is 28.5 Å². The normalized spacial score (nSPS) is 20.5. The van der Waals surface area contributed by atoms with Crippen molar-refractivity contribution in [2.75, 3.05) is 31.2 Å². The first kappa shape index (κ1) is 22.4. The fourth-order valence-electron chi connectivity index (χ4n) is 6.15. The lowest BCUT2D eigenvalue weighted by Gasteiger charge is -2.43. The third-order valence-electron chi connectivity index (χ3n) is 8.14. The molecule has 3 aliphatic heterocycles. The average Bonchev–Trinajstić information content (AvgIpc) is 3.42. The van der Waals surface area contributed by atoms with Crippen LogP contribution in [0.25, 0.3) is 11.1 Å². The van der Waals surface area contributed by atoms with Crippen LogP contribution in [0.15, 0.2) is 54.9 Å². The molecule has 0 bridgehead atoms. The van der Waals surface area contributed by atoms with Gasteiger partial charge in [-0.3, -0.25) is 9.48 Å².